The van der Waals surface area contributed by atoms with Crippen LogP contribution in [-0.2, 0) is 8.57 Å². The second-order valence-electron chi connectivity index (χ2n) is 5.13. The molecule has 120 valence electrons. The second-order valence-corrected chi connectivity index (χ2v) is 5.58. The molecule has 1 aromatic carbocycles. The van der Waals surface area contributed by atoms with Gasteiger partial charge < -0.3 is 33.6 Å². The molecule has 0 radical (unpaired) electrons. The van der Waals surface area contributed by atoms with Crippen molar-refractivity contribution in [3.63, 3.8) is 0 Å². The van der Waals surface area contributed by atoms with Crippen LogP contribution in [0.3, 0.4) is 0 Å². The highest BCUT2D eigenvalue weighted by Crippen LogP contribution is 2.27. The van der Waals surface area contributed by atoms with Crippen molar-refractivity contribution < 1.29 is 28.6 Å². The Bertz CT molecular complexity index is 602. The molecular weight excluding hydrogens is 358 g/mol. The zero-order valence-corrected chi connectivity index (χ0v) is 13.0. The lowest BCUT2D eigenvalue weighted by Crippen LogP contribution is -2.60. The number of ether oxygens (including phenoxy) is 2. The summed E-state index contributed by atoms with van der Waals surface area (Å²) < 4.78 is 15.5. The molecule has 0 aliphatic carbocycles. The van der Waals surface area contributed by atoms with Crippen LogP contribution in [-0.4, -0.2) is 57.6 Å². The van der Waals surface area contributed by atoms with Crippen molar-refractivity contribution >= 4 is 27.2 Å². The lowest BCUT2D eigenvalue weighted by atomic mass is 9.99. The number of H-pyrrole nitrogens is 1. The van der Waals surface area contributed by atoms with E-state index in [1.54, 1.807) is 6.07 Å². The molecule has 22 heavy (non-hydrogen) atoms. The van der Waals surface area contributed by atoms with E-state index in [1.807, 2.05) is 24.3 Å². The SMILES string of the molecule is O[C@@H]1[C@@H](Oc2cc3ccccc3[nH]2)[C@H](O)[C@@H](COBr)O[C@@H]1O. The maximum Gasteiger partial charge on any atom is 0.192 e. The van der Waals surface area contributed by atoms with E-state index in [0.717, 1.165) is 10.9 Å². The minimum atomic E-state index is -1.47. The van der Waals surface area contributed by atoms with Crippen LogP contribution in [0.4, 0.5) is 0 Å². The third-order valence-corrected chi connectivity index (χ3v) is 3.92. The van der Waals surface area contributed by atoms with E-state index < -0.39 is 30.7 Å². The highest BCUT2D eigenvalue weighted by Gasteiger charge is 2.45. The fourth-order valence-corrected chi connectivity index (χ4v) is 2.77. The van der Waals surface area contributed by atoms with Crippen molar-refractivity contribution in [2.45, 2.75) is 30.7 Å². The summed E-state index contributed by atoms with van der Waals surface area (Å²) in [5.41, 5.74) is 0.870. The lowest BCUT2D eigenvalue weighted by Gasteiger charge is -2.39. The molecule has 7 nitrogen and oxygen atoms in total. The summed E-state index contributed by atoms with van der Waals surface area (Å²) in [6.45, 7) is -0.00247. The number of halogens is 1. The summed E-state index contributed by atoms with van der Waals surface area (Å²) in [5.74, 6) is 0.386. The Hall–Kier alpha value is -1.16. The molecule has 8 heteroatoms. The molecule has 1 aromatic heterocycles. The lowest BCUT2D eigenvalue weighted by molar-refractivity contribution is -0.280. The van der Waals surface area contributed by atoms with Crippen LogP contribution in [0.1, 0.15) is 0 Å². The van der Waals surface area contributed by atoms with Crippen molar-refractivity contribution in [1.29, 1.82) is 0 Å². The van der Waals surface area contributed by atoms with E-state index in [0.29, 0.717) is 5.88 Å². The standard InChI is InChI=1S/C14H16BrNO6/c15-20-6-9-11(17)13(12(18)14(19)21-9)22-10-5-7-3-1-2-4-8(7)16-10/h1-5,9,11-14,16-19H,6H2/t9-,11-,12-,13+,14+/m1/s1. The van der Waals surface area contributed by atoms with Gasteiger partial charge in [0.2, 0.25) is 0 Å². The van der Waals surface area contributed by atoms with Gasteiger partial charge in [-0.2, -0.15) is 0 Å². The van der Waals surface area contributed by atoms with Crippen LogP contribution < -0.4 is 4.74 Å². The normalized spacial score (nSPS) is 32.3. The molecule has 0 bridgehead atoms. The van der Waals surface area contributed by atoms with Crippen molar-refractivity contribution in [2.75, 3.05) is 6.61 Å². The van der Waals surface area contributed by atoms with E-state index in [1.165, 1.54) is 0 Å². The van der Waals surface area contributed by atoms with Gasteiger partial charge in [0.1, 0.15) is 18.3 Å². The van der Waals surface area contributed by atoms with Gasteiger partial charge in [0.25, 0.3) is 0 Å². The predicted octanol–water partition coefficient (Wildman–Crippen LogP) is 0.681. The molecule has 0 spiro atoms. The first-order valence-corrected chi connectivity index (χ1v) is 7.42. The zero-order chi connectivity index (χ0) is 15.7. The molecule has 1 fully saturated rings. The first-order valence-electron chi connectivity index (χ1n) is 6.78. The number of aromatic amines is 1. The smallest absolute Gasteiger partial charge is 0.192 e. The fraction of sp³-hybridized carbons (Fsp3) is 0.429. The molecule has 2 aromatic rings. The third kappa shape index (κ3) is 2.98. The van der Waals surface area contributed by atoms with E-state index >= 15 is 0 Å². The number of hydrogen-bond acceptors (Lipinski definition) is 6. The molecule has 1 saturated heterocycles. The molecule has 1 aliphatic heterocycles. The average molecular weight is 374 g/mol. The second kappa shape index (κ2) is 6.53. The van der Waals surface area contributed by atoms with E-state index in [-0.39, 0.29) is 6.61 Å². The first kappa shape index (κ1) is 15.7. The Morgan fingerprint density at radius 1 is 1.18 bits per heavy atom. The highest BCUT2D eigenvalue weighted by atomic mass is 79.9. The Balaban J connectivity index is 1.81. The van der Waals surface area contributed by atoms with E-state index in [4.69, 9.17) is 13.3 Å². The number of para-hydroxylation sites is 1. The Labute approximate surface area is 134 Å². The van der Waals surface area contributed by atoms with Crippen LogP contribution in [0.2, 0.25) is 0 Å². The molecule has 1 aliphatic rings. The molecule has 0 saturated carbocycles. The van der Waals surface area contributed by atoms with Crippen LogP contribution in [0.5, 0.6) is 5.88 Å². The van der Waals surface area contributed by atoms with Gasteiger partial charge in [-0.15, -0.1) is 0 Å². The van der Waals surface area contributed by atoms with Gasteiger partial charge in [-0.25, -0.2) is 0 Å². The Morgan fingerprint density at radius 2 is 1.95 bits per heavy atom. The number of aliphatic hydroxyl groups is 3. The number of aliphatic hydroxyl groups excluding tert-OH is 3. The quantitative estimate of drug-likeness (QED) is 0.628. The van der Waals surface area contributed by atoms with Gasteiger partial charge in [0.05, 0.1) is 22.9 Å². The van der Waals surface area contributed by atoms with Crippen molar-refractivity contribution in [2.24, 2.45) is 0 Å². The van der Waals surface area contributed by atoms with Gasteiger partial charge in [0, 0.05) is 17.0 Å². The van der Waals surface area contributed by atoms with Gasteiger partial charge in [-0.3, -0.25) is 0 Å². The molecule has 0 unspecified atom stereocenters. The summed E-state index contributed by atoms with van der Waals surface area (Å²) in [6.07, 6.45) is -5.89. The zero-order valence-electron chi connectivity index (χ0n) is 11.4. The number of benzene rings is 1. The minimum absolute atomic E-state index is 0.00247. The number of aromatic nitrogens is 1. The topological polar surface area (TPSA) is 104 Å². The predicted molar refractivity (Wildman–Crippen MR) is 80.5 cm³/mol. The maximum atomic E-state index is 10.2. The van der Waals surface area contributed by atoms with Gasteiger partial charge in [-0.05, 0) is 6.07 Å². The van der Waals surface area contributed by atoms with Crippen LogP contribution in [0.15, 0.2) is 30.3 Å². The third-order valence-electron chi connectivity index (χ3n) is 3.66. The molecule has 3 rings (SSSR count). The fourth-order valence-electron chi connectivity index (χ4n) is 2.51. The molecular formula is C14H16BrNO6. The average Bonchev–Trinajstić information content (AvgIpc) is 2.92. The monoisotopic (exact) mass is 373 g/mol. The van der Waals surface area contributed by atoms with E-state index in [2.05, 4.69) is 21.2 Å². The summed E-state index contributed by atoms with van der Waals surface area (Å²) in [5, 5.41) is 30.9. The highest BCUT2D eigenvalue weighted by molar-refractivity contribution is 9.06. The van der Waals surface area contributed by atoms with Crippen LogP contribution >= 0.6 is 16.3 Å². The number of rotatable bonds is 4. The van der Waals surface area contributed by atoms with Gasteiger partial charge in [-0.1, -0.05) is 18.2 Å². The maximum absolute atomic E-state index is 10.2. The molecule has 4 N–H and O–H groups in total. The van der Waals surface area contributed by atoms with Crippen molar-refractivity contribution in [3.8, 4) is 5.88 Å². The summed E-state index contributed by atoms with van der Waals surface area (Å²) >= 11 is 2.78. The summed E-state index contributed by atoms with van der Waals surface area (Å²) in [6, 6.07) is 9.33. The summed E-state index contributed by atoms with van der Waals surface area (Å²) in [7, 11) is 0. The van der Waals surface area contributed by atoms with E-state index in [9.17, 15) is 15.3 Å². The Kier molecular flexibility index (Phi) is 4.67. The number of fused-ring (bicyclic) bond motifs is 1. The molecule has 0 amide bonds. The number of nitrogens with one attached hydrogen (secondary N) is 1. The van der Waals surface area contributed by atoms with Crippen LogP contribution in [0, 0.1) is 0 Å². The van der Waals surface area contributed by atoms with Gasteiger partial charge >= 0.3 is 0 Å². The molecule has 5 atom stereocenters. The van der Waals surface area contributed by atoms with Crippen molar-refractivity contribution in [3.05, 3.63) is 30.3 Å². The Morgan fingerprint density at radius 3 is 2.68 bits per heavy atom. The number of hydrogen-bond donors (Lipinski definition) is 4. The van der Waals surface area contributed by atoms with Crippen LogP contribution in [0.25, 0.3) is 10.9 Å². The van der Waals surface area contributed by atoms with Gasteiger partial charge in [0.15, 0.2) is 18.3 Å². The molecule has 2 heterocycles. The first-order chi connectivity index (χ1) is 10.6. The largest absolute Gasteiger partial charge is 0.470 e. The van der Waals surface area contributed by atoms with Crippen molar-refractivity contribution in [1.82, 2.24) is 4.98 Å². The summed E-state index contributed by atoms with van der Waals surface area (Å²) in [4.78, 5) is 3.04. The minimum Gasteiger partial charge on any atom is -0.470 e.